The summed E-state index contributed by atoms with van der Waals surface area (Å²) < 4.78 is 24.7. The van der Waals surface area contributed by atoms with Crippen LogP contribution in [0, 0.1) is 0 Å². The molecule has 2 rings (SSSR count). The van der Waals surface area contributed by atoms with E-state index in [2.05, 4.69) is 10.0 Å². The number of anilines is 1. The molecule has 0 heterocycles. The van der Waals surface area contributed by atoms with Gasteiger partial charge in [-0.2, -0.15) is 0 Å². The van der Waals surface area contributed by atoms with Gasteiger partial charge in [-0.05, 0) is 31.0 Å². The summed E-state index contributed by atoms with van der Waals surface area (Å²) in [6.45, 7) is 0. The van der Waals surface area contributed by atoms with Crippen LogP contribution in [0.1, 0.15) is 36.0 Å². The highest BCUT2D eigenvalue weighted by Gasteiger charge is 2.19. The zero-order chi connectivity index (χ0) is 14.8. The van der Waals surface area contributed by atoms with E-state index in [1.54, 1.807) is 0 Å². The molecule has 0 spiro atoms. The molecule has 1 saturated carbocycles. The van der Waals surface area contributed by atoms with Crippen molar-refractivity contribution in [2.45, 2.75) is 31.7 Å². The van der Waals surface area contributed by atoms with Crippen LogP contribution in [0.25, 0.3) is 0 Å². The maximum Gasteiger partial charge on any atom is 0.253 e. The van der Waals surface area contributed by atoms with E-state index in [0.717, 1.165) is 31.9 Å². The zero-order valence-electron chi connectivity index (χ0n) is 11.1. The van der Waals surface area contributed by atoms with Gasteiger partial charge in [0.1, 0.15) is 0 Å². The third kappa shape index (κ3) is 4.11. The van der Waals surface area contributed by atoms with E-state index in [1.807, 2.05) is 0 Å². The number of rotatable bonds is 4. The fourth-order valence-corrected chi connectivity index (χ4v) is 3.07. The standard InChI is InChI=1S/C13H17ClN2O3S/c1-20(18,19)16-10-6-7-12(14)11(8-10)13(17)15-9-4-2-3-5-9/h6-9,16H,2-5H2,1H3,(H,15,17). The molecular formula is C13H17ClN2O3S. The number of amides is 1. The largest absolute Gasteiger partial charge is 0.349 e. The molecule has 1 fully saturated rings. The number of halogens is 1. The second kappa shape index (κ2) is 6.01. The molecule has 1 aliphatic rings. The van der Waals surface area contributed by atoms with Crippen LogP contribution in [-0.4, -0.2) is 26.6 Å². The molecule has 5 nitrogen and oxygen atoms in total. The molecule has 0 aromatic heterocycles. The number of hydrogen-bond donors (Lipinski definition) is 2. The van der Waals surface area contributed by atoms with Gasteiger partial charge >= 0.3 is 0 Å². The first-order valence-corrected chi connectivity index (χ1v) is 8.70. The summed E-state index contributed by atoms with van der Waals surface area (Å²) in [6, 6.07) is 4.67. The van der Waals surface area contributed by atoms with Crippen LogP contribution < -0.4 is 10.0 Å². The quantitative estimate of drug-likeness (QED) is 0.895. The van der Waals surface area contributed by atoms with E-state index < -0.39 is 10.0 Å². The topological polar surface area (TPSA) is 75.3 Å². The number of carbonyl (C=O) groups is 1. The third-order valence-electron chi connectivity index (χ3n) is 3.20. The molecule has 1 aromatic rings. The van der Waals surface area contributed by atoms with Gasteiger partial charge in [-0.15, -0.1) is 0 Å². The molecule has 2 N–H and O–H groups in total. The van der Waals surface area contributed by atoms with Gasteiger partial charge in [-0.1, -0.05) is 24.4 Å². The predicted octanol–water partition coefficient (Wildman–Crippen LogP) is 2.38. The predicted molar refractivity (Wildman–Crippen MR) is 79.6 cm³/mol. The van der Waals surface area contributed by atoms with Crippen molar-refractivity contribution in [3.05, 3.63) is 28.8 Å². The van der Waals surface area contributed by atoms with Gasteiger partial charge in [-0.25, -0.2) is 8.42 Å². The molecule has 20 heavy (non-hydrogen) atoms. The van der Waals surface area contributed by atoms with Crippen LogP contribution in [0.15, 0.2) is 18.2 Å². The van der Waals surface area contributed by atoms with E-state index >= 15 is 0 Å². The summed E-state index contributed by atoms with van der Waals surface area (Å²) >= 11 is 6.01. The Bertz CT molecular complexity index is 610. The molecule has 0 bridgehead atoms. The van der Waals surface area contributed by atoms with Crippen molar-refractivity contribution in [2.24, 2.45) is 0 Å². The first-order chi connectivity index (χ1) is 9.35. The Morgan fingerprint density at radius 3 is 2.55 bits per heavy atom. The Kier molecular flexibility index (Phi) is 4.55. The second-order valence-corrected chi connectivity index (χ2v) is 7.18. The first kappa shape index (κ1) is 15.1. The highest BCUT2D eigenvalue weighted by atomic mass is 35.5. The highest BCUT2D eigenvalue weighted by molar-refractivity contribution is 7.92. The number of hydrogen-bond acceptors (Lipinski definition) is 3. The monoisotopic (exact) mass is 316 g/mol. The lowest BCUT2D eigenvalue weighted by Crippen LogP contribution is -2.32. The van der Waals surface area contributed by atoms with Crippen molar-refractivity contribution in [3.63, 3.8) is 0 Å². The van der Waals surface area contributed by atoms with Crippen LogP contribution in [0.5, 0.6) is 0 Å². The van der Waals surface area contributed by atoms with Crippen molar-refractivity contribution < 1.29 is 13.2 Å². The van der Waals surface area contributed by atoms with E-state index in [9.17, 15) is 13.2 Å². The fraction of sp³-hybridized carbons (Fsp3) is 0.462. The average Bonchev–Trinajstić information content (AvgIpc) is 2.82. The summed E-state index contributed by atoms with van der Waals surface area (Å²) in [5.41, 5.74) is 0.612. The Morgan fingerprint density at radius 2 is 1.95 bits per heavy atom. The minimum Gasteiger partial charge on any atom is -0.349 e. The van der Waals surface area contributed by atoms with Crippen LogP contribution >= 0.6 is 11.6 Å². The Morgan fingerprint density at radius 1 is 1.30 bits per heavy atom. The second-order valence-electron chi connectivity index (χ2n) is 5.02. The first-order valence-electron chi connectivity index (χ1n) is 6.43. The lowest BCUT2D eigenvalue weighted by Gasteiger charge is -2.13. The van der Waals surface area contributed by atoms with Gasteiger partial charge in [0, 0.05) is 11.7 Å². The number of carbonyl (C=O) groups excluding carboxylic acids is 1. The molecule has 0 aliphatic heterocycles. The van der Waals surface area contributed by atoms with E-state index in [-0.39, 0.29) is 17.5 Å². The molecule has 0 atom stereocenters. The van der Waals surface area contributed by atoms with Crippen molar-refractivity contribution in [1.82, 2.24) is 5.32 Å². The van der Waals surface area contributed by atoms with Gasteiger partial charge in [0.15, 0.2) is 0 Å². The van der Waals surface area contributed by atoms with E-state index in [0.29, 0.717) is 10.7 Å². The number of sulfonamides is 1. The van der Waals surface area contributed by atoms with Crippen LogP contribution in [0.2, 0.25) is 5.02 Å². The van der Waals surface area contributed by atoms with Gasteiger partial charge < -0.3 is 5.32 Å². The van der Waals surface area contributed by atoms with Crippen molar-refractivity contribution in [1.29, 1.82) is 0 Å². The minimum absolute atomic E-state index is 0.185. The van der Waals surface area contributed by atoms with Crippen LogP contribution in [0.3, 0.4) is 0 Å². The van der Waals surface area contributed by atoms with Crippen LogP contribution in [0.4, 0.5) is 5.69 Å². The zero-order valence-corrected chi connectivity index (χ0v) is 12.7. The number of benzene rings is 1. The van der Waals surface area contributed by atoms with E-state index in [1.165, 1.54) is 18.2 Å². The third-order valence-corrected chi connectivity index (χ3v) is 4.14. The molecular weight excluding hydrogens is 300 g/mol. The summed E-state index contributed by atoms with van der Waals surface area (Å²) in [4.78, 5) is 12.2. The molecule has 0 saturated heterocycles. The average molecular weight is 317 g/mol. The van der Waals surface area contributed by atoms with E-state index in [4.69, 9.17) is 11.6 Å². The Hall–Kier alpha value is -1.27. The molecule has 0 radical (unpaired) electrons. The number of nitrogens with one attached hydrogen (secondary N) is 2. The molecule has 7 heteroatoms. The maximum atomic E-state index is 12.2. The molecule has 110 valence electrons. The molecule has 0 unspecified atom stereocenters. The lowest BCUT2D eigenvalue weighted by atomic mass is 10.1. The van der Waals surface area contributed by atoms with Gasteiger partial charge in [-0.3, -0.25) is 9.52 Å². The maximum absolute atomic E-state index is 12.2. The molecule has 1 aliphatic carbocycles. The highest BCUT2D eigenvalue weighted by Crippen LogP contribution is 2.23. The van der Waals surface area contributed by atoms with Gasteiger partial charge in [0.25, 0.3) is 5.91 Å². The van der Waals surface area contributed by atoms with Gasteiger partial charge in [0.05, 0.1) is 16.8 Å². The smallest absolute Gasteiger partial charge is 0.253 e. The SMILES string of the molecule is CS(=O)(=O)Nc1ccc(Cl)c(C(=O)NC2CCCC2)c1. The van der Waals surface area contributed by atoms with Gasteiger partial charge in [0.2, 0.25) is 10.0 Å². The van der Waals surface area contributed by atoms with Crippen molar-refractivity contribution in [3.8, 4) is 0 Å². The Labute approximate surface area is 123 Å². The fourth-order valence-electron chi connectivity index (χ4n) is 2.31. The normalized spacial score (nSPS) is 16.1. The lowest BCUT2D eigenvalue weighted by molar-refractivity contribution is 0.0938. The molecule has 1 amide bonds. The summed E-state index contributed by atoms with van der Waals surface area (Å²) in [6.07, 6.45) is 5.25. The molecule has 1 aromatic carbocycles. The summed E-state index contributed by atoms with van der Waals surface area (Å²) in [7, 11) is -3.38. The summed E-state index contributed by atoms with van der Waals surface area (Å²) in [5.74, 6) is -0.265. The van der Waals surface area contributed by atoms with Crippen molar-refractivity contribution in [2.75, 3.05) is 11.0 Å². The summed E-state index contributed by atoms with van der Waals surface area (Å²) in [5, 5.41) is 3.23. The Balaban J connectivity index is 2.17. The minimum atomic E-state index is -3.38. The van der Waals surface area contributed by atoms with Crippen LogP contribution in [-0.2, 0) is 10.0 Å². The van der Waals surface area contributed by atoms with Crippen molar-refractivity contribution >= 4 is 33.2 Å².